The number of hydrogen-bond donors (Lipinski definition) is 1. The quantitative estimate of drug-likeness (QED) is 0.909. The van der Waals surface area contributed by atoms with E-state index in [0.29, 0.717) is 12.0 Å². The lowest BCUT2D eigenvalue weighted by atomic mass is 9.97. The normalized spacial score (nSPS) is 25.7. The maximum Gasteiger partial charge on any atom is 0.0739 e. The van der Waals surface area contributed by atoms with Gasteiger partial charge in [0.15, 0.2) is 0 Å². The second kappa shape index (κ2) is 5.10. The molecule has 2 nitrogen and oxygen atoms in total. The number of hydrogen-bond acceptors (Lipinski definition) is 2. The highest BCUT2D eigenvalue weighted by molar-refractivity contribution is 9.10. The van der Waals surface area contributed by atoms with Crippen LogP contribution >= 0.6 is 15.9 Å². The van der Waals surface area contributed by atoms with Gasteiger partial charge in [-0.2, -0.15) is 0 Å². The zero-order valence-electron chi connectivity index (χ0n) is 8.87. The maximum absolute atomic E-state index is 5.45. The molecule has 3 heteroatoms. The molecule has 0 radical (unpaired) electrons. The summed E-state index contributed by atoms with van der Waals surface area (Å²) in [6.45, 7) is 2.04. The minimum Gasteiger partial charge on any atom is -0.380 e. The monoisotopic (exact) mass is 269 g/mol. The van der Waals surface area contributed by atoms with Crippen LogP contribution in [0, 0.1) is 5.92 Å². The zero-order valence-corrected chi connectivity index (χ0v) is 10.5. The summed E-state index contributed by atoms with van der Waals surface area (Å²) >= 11 is 3.50. The number of methoxy groups -OCH3 is 1. The van der Waals surface area contributed by atoms with Gasteiger partial charge in [0.25, 0.3) is 0 Å². The average molecular weight is 270 g/mol. The van der Waals surface area contributed by atoms with Crippen LogP contribution in [0.25, 0.3) is 0 Å². The highest BCUT2D eigenvalue weighted by Crippen LogP contribution is 2.20. The van der Waals surface area contributed by atoms with E-state index in [1.54, 1.807) is 7.11 Å². The van der Waals surface area contributed by atoms with Gasteiger partial charge in [0.05, 0.1) is 6.10 Å². The van der Waals surface area contributed by atoms with E-state index in [4.69, 9.17) is 4.74 Å². The summed E-state index contributed by atoms with van der Waals surface area (Å²) in [7, 11) is 1.80. The van der Waals surface area contributed by atoms with Crippen LogP contribution in [0.5, 0.6) is 0 Å². The molecule has 1 aromatic rings. The largest absolute Gasteiger partial charge is 0.380 e. The van der Waals surface area contributed by atoms with Crippen LogP contribution in [-0.2, 0) is 11.2 Å². The molecule has 1 heterocycles. The number of ether oxygens (including phenoxy) is 1. The Hall–Kier alpha value is -0.380. The van der Waals surface area contributed by atoms with Gasteiger partial charge in [-0.1, -0.05) is 28.1 Å². The first-order chi connectivity index (χ1) is 7.29. The van der Waals surface area contributed by atoms with E-state index >= 15 is 0 Å². The predicted molar refractivity (Wildman–Crippen MR) is 65.0 cm³/mol. The Kier molecular flexibility index (Phi) is 3.78. The SMILES string of the molecule is COC1CNCC1Cc1cccc(Br)c1. The third-order valence-electron chi connectivity index (χ3n) is 2.97. The first kappa shape index (κ1) is 11.1. The molecule has 0 aromatic heterocycles. The number of benzene rings is 1. The van der Waals surface area contributed by atoms with Crippen molar-refractivity contribution < 1.29 is 4.74 Å². The summed E-state index contributed by atoms with van der Waals surface area (Å²) in [5.41, 5.74) is 1.38. The first-order valence-corrected chi connectivity index (χ1v) is 6.07. The molecular formula is C12H16BrNO. The molecule has 1 N–H and O–H groups in total. The van der Waals surface area contributed by atoms with Crippen LogP contribution in [0.15, 0.2) is 28.7 Å². The molecule has 1 aliphatic heterocycles. The molecule has 1 saturated heterocycles. The summed E-state index contributed by atoms with van der Waals surface area (Å²) in [5.74, 6) is 0.601. The molecule has 15 heavy (non-hydrogen) atoms. The van der Waals surface area contributed by atoms with Crippen LogP contribution in [0.3, 0.4) is 0 Å². The zero-order chi connectivity index (χ0) is 10.7. The van der Waals surface area contributed by atoms with Gasteiger partial charge in [-0.25, -0.2) is 0 Å². The molecule has 1 aromatic carbocycles. The third kappa shape index (κ3) is 2.80. The minimum absolute atomic E-state index is 0.365. The molecule has 2 atom stereocenters. The fraction of sp³-hybridized carbons (Fsp3) is 0.500. The molecule has 2 rings (SSSR count). The van der Waals surface area contributed by atoms with E-state index in [1.165, 1.54) is 5.56 Å². The van der Waals surface area contributed by atoms with Crippen LogP contribution in [0.4, 0.5) is 0 Å². The van der Waals surface area contributed by atoms with E-state index in [0.717, 1.165) is 24.0 Å². The van der Waals surface area contributed by atoms with Gasteiger partial charge < -0.3 is 10.1 Å². The van der Waals surface area contributed by atoms with Crippen LogP contribution in [0.1, 0.15) is 5.56 Å². The highest BCUT2D eigenvalue weighted by atomic mass is 79.9. The Morgan fingerprint density at radius 3 is 3.07 bits per heavy atom. The summed E-state index contributed by atoms with van der Waals surface area (Å²) in [6.07, 6.45) is 1.45. The number of nitrogens with one attached hydrogen (secondary N) is 1. The van der Waals surface area contributed by atoms with Crippen LogP contribution in [-0.4, -0.2) is 26.3 Å². The lowest BCUT2D eigenvalue weighted by Gasteiger charge is -2.16. The van der Waals surface area contributed by atoms with Crippen molar-refractivity contribution >= 4 is 15.9 Å². The lowest BCUT2D eigenvalue weighted by molar-refractivity contribution is 0.0832. The smallest absolute Gasteiger partial charge is 0.0739 e. The average Bonchev–Trinajstić information content (AvgIpc) is 2.65. The van der Waals surface area contributed by atoms with Gasteiger partial charge >= 0.3 is 0 Å². The van der Waals surface area contributed by atoms with E-state index in [9.17, 15) is 0 Å². The highest BCUT2D eigenvalue weighted by Gasteiger charge is 2.26. The van der Waals surface area contributed by atoms with Gasteiger partial charge in [-0.05, 0) is 24.1 Å². The van der Waals surface area contributed by atoms with E-state index in [1.807, 2.05) is 0 Å². The third-order valence-corrected chi connectivity index (χ3v) is 3.46. The maximum atomic E-state index is 5.45. The molecule has 0 aliphatic carbocycles. The second-order valence-electron chi connectivity index (χ2n) is 4.03. The van der Waals surface area contributed by atoms with Crippen molar-refractivity contribution in [1.82, 2.24) is 5.32 Å². The molecule has 0 bridgehead atoms. The minimum atomic E-state index is 0.365. The van der Waals surface area contributed by atoms with Gasteiger partial charge in [0.2, 0.25) is 0 Å². The van der Waals surface area contributed by atoms with E-state index in [-0.39, 0.29) is 0 Å². The molecule has 82 valence electrons. The van der Waals surface area contributed by atoms with Crippen molar-refractivity contribution in [1.29, 1.82) is 0 Å². The fourth-order valence-corrected chi connectivity index (χ4v) is 2.60. The lowest BCUT2D eigenvalue weighted by Crippen LogP contribution is -2.22. The van der Waals surface area contributed by atoms with Crippen molar-refractivity contribution in [2.24, 2.45) is 5.92 Å². The number of halogens is 1. The van der Waals surface area contributed by atoms with E-state index in [2.05, 4.69) is 45.5 Å². The Balaban J connectivity index is 2.02. The summed E-state index contributed by atoms with van der Waals surface area (Å²) in [4.78, 5) is 0. The Bertz CT molecular complexity index is 329. The van der Waals surface area contributed by atoms with Crippen molar-refractivity contribution in [2.45, 2.75) is 12.5 Å². The molecule has 2 unspecified atom stereocenters. The Morgan fingerprint density at radius 2 is 2.33 bits per heavy atom. The molecule has 0 saturated carbocycles. The van der Waals surface area contributed by atoms with Crippen molar-refractivity contribution in [3.05, 3.63) is 34.3 Å². The van der Waals surface area contributed by atoms with Crippen molar-refractivity contribution in [3.8, 4) is 0 Å². The van der Waals surface area contributed by atoms with Gasteiger partial charge in [0.1, 0.15) is 0 Å². The molecular weight excluding hydrogens is 254 g/mol. The first-order valence-electron chi connectivity index (χ1n) is 5.27. The Morgan fingerprint density at radius 1 is 1.47 bits per heavy atom. The van der Waals surface area contributed by atoms with Crippen molar-refractivity contribution in [2.75, 3.05) is 20.2 Å². The molecule has 0 amide bonds. The summed E-state index contributed by atoms with van der Waals surface area (Å²) in [6, 6.07) is 8.51. The summed E-state index contributed by atoms with van der Waals surface area (Å²) in [5, 5.41) is 3.37. The summed E-state index contributed by atoms with van der Waals surface area (Å²) < 4.78 is 6.60. The fourth-order valence-electron chi connectivity index (χ4n) is 2.16. The Labute approximate surface area is 99.1 Å². The van der Waals surface area contributed by atoms with Gasteiger partial charge in [0, 0.05) is 30.6 Å². The van der Waals surface area contributed by atoms with Crippen LogP contribution < -0.4 is 5.32 Å². The predicted octanol–water partition coefficient (Wildman–Crippen LogP) is 2.23. The molecule has 0 spiro atoms. The van der Waals surface area contributed by atoms with Crippen molar-refractivity contribution in [3.63, 3.8) is 0 Å². The molecule has 1 aliphatic rings. The van der Waals surface area contributed by atoms with Crippen LogP contribution in [0.2, 0.25) is 0 Å². The topological polar surface area (TPSA) is 21.3 Å². The van der Waals surface area contributed by atoms with Gasteiger partial charge in [-0.3, -0.25) is 0 Å². The molecule has 1 fully saturated rings. The second-order valence-corrected chi connectivity index (χ2v) is 4.94. The van der Waals surface area contributed by atoms with E-state index < -0.39 is 0 Å². The number of rotatable bonds is 3. The van der Waals surface area contributed by atoms with Gasteiger partial charge in [-0.15, -0.1) is 0 Å². The standard InChI is InChI=1S/C12H16BrNO/c1-15-12-8-14-7-10(12)5-9-3-2-4-11(13)6-9/h2-4,6,10,12,14H,5,7-8H2,1H3.